The third kappa shape index (κ3) is 5.19. The highest BCUT2D eigenvalue weighted by atomic mass is 32.2. The summed E-state index contributed by atoms with van der Waals surface area (Å²) >= 11 is 0.535. The van der Waals surface area contributed by atoms with Gasteiger partial charge in [-0.2, -0.15) is 13.2 Å². The SMILES string of the molecule is Cc1cc(/C=C2\SC(=O)N(CC(=O)Nc3ccc(F)c(F)c3F)C2=O)c(C)n1-c1cccc(C(F)(F)F)c1. The molecule has 1 saturated heterocycles. The zero-order chi connectivity index (χ0) is 27.9. The van der Waals surface area contributed by atoms with Gasteiger partial charge in [-0.3, -0.25) is 19.3 Å². The number of halogens is 6. The minimum atomic E-state index is -4.53. The number of hydrogen-bond donors (Lipinski definition) is 1. The minimum Gasteiger partial charge on any atom is -0.322 e. The number of nitrogens with one attached hydrogen (secondary N) is 1. The molecule has 2 aromatic carbocycles. The quantitative estimate of drug-likeness (QED) is 0.232. The van der Waals surface area contributed by atoms with E-state index < -0.39 is 58.5 Å². The molecule has 1 N–H and O–H groups in total. The van der Waals surface area contributed by atoms with Crippen LogP contribution in [0, 0.1) is 31.3 Å². The van der Waals surface area contributed by atoms with Crippen molar-refractivity contribution >= 4 is 40.6 Å². The molecule has 1 fully saturated rings. The summed E-state index contributed by atoms with van der Waals surface area (Å²) in [5.74, 6) is -6.74. The Balaban J connectivity index is 1.55. The first-order valence-corrected chi connectivity index (χ1v) is 11.6. The number of carbonyl (C=O) groups is 3. The van der Waals surface area contributed by atoms with E-state index in [1.54, 1.807) is 24.5 Å². The molecule has 0 bridgehead atoms. The number of aromatic nitrogens is 1. The Labute approximate surface area is 215 Å². The van der Waals surface area contributed by atoms with Crippen molar-refractivity contribution in [2.24, 2.45) is 0 Å². The lowest BCUT2D eigenvalue weighted by atomic mass is 10.2. The van der Waals surface area contributed by atoms with Gasteiger partial charge in [0.05, 0.1) is 16.2 Å². The number of amides is 3. The fraction of sp³-hybridized carbons (Fsp3) is 0.160. The van der Waals surface area contributed by atoms with Gasteiger partial charge in [0.2, 0.25) is 5.91 Å². The fourth-order valence-electron chi connectivity index (χ4n) is 3.89. The summed E-state index contributed by atoms with van der Waals surface area (Å²) in [5.41, 5.74) is 0.285. The molecule has 198 valence electrons. The van der Waals surface area contributed by atoms with E-state index in [1.165, 1.54) is 18.2 Å². The lowest BCUT2D eigenvalue weighted by Gasteiger charge is -2.13. The average molecular weight is 553 g/mol. The molecular weight excluding hydrogens is 536 g/mol. The van der Waals surface area contributed by atoms with Crippen LogP contribution in [0.4, 0.5) is 36.8 Å². The summed E-state index contributed by atoms with van der Waals surface area (Å²) in [7, 11) is 0. The highest BCUT2D eigenvalue weighted by Gasteiger charge is 2.37. The van der Waals surface area contributed by atoms with E-state index in [1.807, 2.05) is 5.32 Å². The first kappa shape index (κ1) is 27.0. The van der Waals surface area contributed by atoms with E-state index in [0.717, 1.165) is 18.2 Å². The molecule has 1 aliphatic heterocycles. The number of aryl methyl sites for hydroxylation is 1. The van der Waals surface area contributed by atoms with Crippen LogP contribution in [0.2, 0.25) is 0 Å². The maximum atomic E-state index is 13.8. The summed E-state index contributed by atoms with van der Waals surface area (Å²) in [6.45, 7) is 2.48. The normalized spacial score (nSPS) is 15.1. The molecule has 2 heterocycles. The third-order valence-electron chi connectivity index (χ3n) is 5.67. The van der Waals surface area contributed by atoms with Crippen molar-refractivity contribution in [3.05, 3.63) is 87.3 Å². The predicted octanol–water partition coefficient (Wildman–Crippen LogP) is 6.21. The number of hydrogen-bond acceptors (Lipinski definition) is 4. The van der Waals surface area contributed by atoms with Gasteiger partial charge in [-0.1, -0.05) is 6.07 Å². The number of carbonyl (C=O) groups excluding carboxylic acids is 3. The zero-order valence-corrected chi connectivity index (χ0v) is 20.4. The monoisotopic (exact) mass is 553 g/mol. The molecule has 4 rings (SSSR count). The van der Waals surface area contributed by atoms with Gasteiger partial charge in [0.1, 0.15) is 6.54 Å². The average Bonchev–Trinajstić information content (AvgIpc) is 3.27. The van der Waals surface area contributed by atoms with Crippen molar-refractivity contribution in [1.82, 2.24) is 9.47 Å². The lowest BCUT2D eigenvalue weighted by Crippen LogP contribution is -2.36. The summed E-state index contributed by atoms with van der Waals surface area (Å²) in [4.78, 5) is 38.0. The van der Waals surface area contributed by atoms with E-state index in [0.29, 0.717) is 39.7 Å². The minimum absolute atomic E-state index is 0.0499. The molecule has 6 nitrogen and oxygen atoms in total. The molecular formula is C25H17F6N3O3S. The van der Waals surface area contributed by atoms with Gasteiger partial charge < -0.3 is 9.88 Å². The highest BCUT2D eigenvalue weighted by molar-refractivity contribution is 8.18. The molecule has 0 spiro atoms. The van der Waals surface area contributed by atoms with Crippen molar-refractivity contribution in [3.8, 4) is 5.69 Å². The second-order valence-corrected chi connectivity index (χ2v) is 9.24. The van der Waals surface area contributed by atoms with Crippen LogP contribution in [0.1, 0.15) is 22.5 Å². The Hall–Kier alpha value is -4.00. The lowest BCUT2D eigenvalue weighted by molar-refractivity contribution is -0.137. The summed E-state index contributed by atoms with van der Waals surface area (Å²) in [5, 5.41) is 1.19. The number of anilines is 1. The molecule has 1 aromatic heterocycles. The third-order valence-corrected chi connectivity index (χ3v) is 6.58. The molecule has 3 amide bonds. The molecule has 38 heavy (non-hydrogen) atoms. The first-order chi connectivity index (χ1) is 17.8. The Kier molecular flexibility index (Phi) is 7.15. The van der Waals surface area contributed by atoms with Gasteiger partial charge in [0, 0.05) is 17.1 Å². The highest BCUT2D eigenvalue weighted by Crippen LogP contribution is 2.35. The van der Waals surface area contributed by atoms with E-state index in [-0.39, 0.29) is 10.6 Å². The van der Waals surface area contributed by atoms with E-state index in [4.69, 9.17) is 0 Å². The Morgan fingerprint density at radius 1 is 1.03 bits per heavy atom. The Bertz CT molecular complexity index is 1510. The van der Waals surface area contributed by atoms with Crippen LogP contribution in [0.5, 0.6) is 0 Å². The predicted molar refractivity (Wildman–Crippen MR) is 128 cm³/mol. The van der Waals surface area contributed by atoms with Crippen molar-refractivity contribution in [3.63, 3.8) is 0 Å². The van der Waals surface area contributed by atoms with Gasteiger partial charge in [-0.25, -0.2) is 13.2 Å². The number of nitrogens with zero attached hydrogens (tertiary/aromatic N) is 2. The number of imide groups is 1. The first-order valence-electron chi connectivity index (χ1n) is 10.8. The molecule has 0 aliphatic carbocycles. The number of rotatable bonds is 5. The van der Waals surface area contributed by atoms with Crippen LogP contribution in [0.25, 0.3) is 11.8 Å². The van der Waals surface area contributed by atoms with Crippen LogP contribution in [-0.2, 0) is 15.8 Å². The molecule has 3 aromatic rings. The topological polar surface area (TPSA) is 71.4 Å². The van der Waals surface area contributed by atoms with Crippen LogP contribution >= 0.6 is 11.8 Å². The van der Waals surface area contributed by atoms with Gasteiger partial charge in [-0.05, 0) is 73.6 Å². The van der Waals surface area contributed by atoms with Crippen LogP contribution < -0.4 is 5.32 Å². The fourth-order valence-corrected chi connectivity index (χ4v) is 4.71. The van der Waals surface area contributed by atoms with Crippen LogP contribution in [-0.4, -0.2) is 33.1 Å². The number of benzene rings is 2. The standard InChI is InChI=1S/C25H17F6N3O3S/c1-12-8-14(13(2)34(12)16-5-3-4-15(10-16)25(29,30)31)9-19-23(36)33(24(37)38-19)11-20(35)32-18-7-6-17(26)21(27)22(18)28/h3-10H,11H2,1-2H3,(H,32,35)/b19-9-. The second kappa shape index (κ2) is 10.0. The van der Waals surface area contributed by atoms with Crippen molar-refractivity contribution in [2.45, 2.75) is 20.0 Å². The van der Waals surface area contributed by atoms with E-state index in [9.17, 15) is 40.7 Å². The summed E-state index contributed by atoms with van der Waals surface area (Å²) in [6, 6.07) is 7.74. The number of thioether (sulfide) groups is 1. The van der Waals surface area contributed by atoms with E-state index >= 15 is 0 Å². The van der Waals surface area contributed by atoms with Gasteiger partial charge in [0.25, 0.3) is 11.1 Å². The summed E-state index contributed by atoms with van der Waals surface area (Å²) in [6.07, 6.45) is -3.15. The zero-order valence-electron chi connectivity index (χ0n) is 19.6. The van der Waals surface area contributed by atoms with Gasteiger partial charge in [-0.15, -0.1) is 0 Å². The van der Waals surface area contributed by atoms with Gasteiger partial charge in [0.15, 0.2) is 17.5 Å². The maximum Gasteiger partial charge on any atom is 0.416 e. The maximum absolute atomic E-state index is 13.8. The van der Waals surface area contributed by atoms with E-state index in [2.05, 4.69) is 0 Å². The molecule has 0 atom stereocenters. The smallest absolute Gasteiger partial charge is 0.322 e. The Morgan fingerprint density at radius 3 is 2.42 bits per heavy atom. The van der Waals surface area contributed by atoms with Crippen molar-refractivity contribution in [1.29, 1.82) is 0 Å². The van der Waals surface area contributed by atoms with Crippen LogP contribution in [0.15, 0.2) is 47.4 Å². The molecule has 0 radical (unpaired) electrons. The van der Waals surface area contributed by atoms with Crippen molar-refractivity contribution < 1.29 is 40.7 Å². The number of alkyl halides is 3. The largest absolute Gasteiger partial charge is 0.416 e. The second-order valence-electron chi connectivity index (χ2n) is 8.25. The molecule has 13 heteroatoms. The van der Waals surface area contributed by atoms with Crippen LogP contribution in [0.3, 0.4) is 0 Å². The van der Waals surface area contributed by atoms with Crippen molar-refractivity contribution in [2.75, 3.05) is 11.9 Å². The summed E-state index contributed by atoms with van der Waals surface area (Å²) < 4.78 is 81.4. The molecule has 0 unspecified atom stereocenters. The molecule has 0 saturated carbocycles. The Morgan fingerprint density at radius 2 is 1.74 bits per heavy atom. The van der Waals surface area contributed by atoms with Gasteiger partial charge >= 0.3 is 6.18 Å². The molecule has 1 aliphatic rings.